The fourth-order valence-corrected chi connectivity index (χ4v) is 10.9. The standard InChI is InChI=1S/C40H61NO12/c1-24(2)29(44)15-25-6-7-27(26(14-25)8-9-30-31(45)32(46)33(47)34(53-30)35(48)49)17-51-36(50)41(11-10-28(43)16-42)12-13-52-40-21-37(3)18-38(4,22-40)20-39(5,19-37)23-40/h6-7,14,24,28,30-34,42-43,45-47H,8-13,15-23H2,1-5H3,(H,48,49)/t28-,30-,31-,32+,33-,34-,37?,38?,39?,40?/m0/s1. The van der Waals surface area contributed by atoms with Gasteiger partial charge in [0.2, 0.25) is 0 Å². The van der Waals surface area contributed by atoms with Gasteiger partial charge in [-0.2, -0.15) is 0 Å². The summed E-state index contributed by atoms with van der Waals surface area (Å²) in [6.07, 6.45) is -2.27. The number of nitrogens with zero attached hydrogens (tertiary/aromatic N) is 1. The highest BCUT2D eigenvalue weighted by Crippen LogP contribution is 2.71. The monoisotopic (exact) mass is 747 g/mol. The molecule has 6 rings (SSSR count). The van der Waals surface area contributed by atoms with Crippen LogP contribution in [0.1, 0.15) is 103 Å². The molecule has 1 saturated heterocycles. The number of hydrogen-bond acceptors (Lipinski definition) is 11. The molecule has 0 spiro atoms. The van der Waals surface area contributed by atoms with Crippen molar-refractivity contribution in [3.05, 3.63) is 34.9 Å². The summed E-state index contributed by atoms with van der Waals surface area (Å²) in [5.74, 6) is -1.61. The molecular formula is C40H61NO12. The van der Waals surface area contributed by atoms with Gasteiger partial charge in [-0.15, -0.1) is 0 Å². The Morgan fingerprint density at radius 3 is 2.09 bits per heavy atom. The minimum absolute atomic E-state index is 0.0383. The number of rotatable bonds is 17. The molecule has 53 heavy (non-hydrogen) atoms. The van der Waals surface area contributed by atoms with Crippen molar-refractivity contribution < 1.29 is 59.2 Å². The Balaban J connectivity index is 1.27. The van der Waals surface area contributed by atoms with Gasteiger partial charge in [0.05, 0.1) is 31.0 Å². The molecule has 1 aromatic carbocycles. The number of aryl methyl sites for hydroxylation is 1. The van der Waals surface area contributed by atoms with Crippen LogP contribution < -0.4 is 0 Å². The third-order valence-corrected chi connectivity index (χ3v) is 12.1. The van der Waals surface area contributed by atoms with Crippen molar-refractivity contribution in [2.45, 2.75) is 148 Å². The molecule has 0 aromatic heterocycles. The SMILES string of the molecule is CC(C)C(=O)Cc1ccc(COC(=O)N(CCOC23CC4(C)CC(C)(CC(C)(C4)C2)C3)CC[C@H](O)CO)c(CC[C@@H]2O[C@H](C(=O)O)[C@@H](O)[C@H](O)[C@H]2O)c1. The van der Waals surface area contributed by atoms with Gasteiger partial charge in [-0.1, -0.05) is 52.8 Å². The number of aliphatic hydroxyl groups is 5. The topological polar surface area (TPSA) is 204 Å². The van der Waals surface area contributed by atoms with Gasteiger partial charge in [-0.05, 0) is 90.7 Å². The van der Waals surface area contributed by atoms with Crippen LogP contribution in [0.2, 0.25) is 0 Å². The van der Waals surface area contributed by atoms with Crippen LogP contribution in [0.25, 0.3) is 0 Å². The minimum atomic E-state index is -1.80. The summed E-state index contributed by atoms with van der Waals surface area (Å²) >= 11 is 0. The first-order valence-corrected chi connectivity index (χ1v) is 19.2. The zero-order chi connectivity index (χ0) is 38.9. The quantitative estimate of drug-likeness (QED) is 0.136. The molecule has 4 bridgehead atoms. The molecule has 6 N–H and O–H groups in total. The average molecular weight is 748 g/mol. The summed E-state index contributed by atoms with van der Waals surface area (Å²) in [5.41, 5.74) is 2.49. The molecule has 13 nitrogen and oxygen atoms in total. The van der Waals surface area contributed by atoms with Crippen LogP contribution in [-0.2, 0) is 43.2 Å². The molecule has 5 aliphatic rings. The van der Waals surface area contributed by atoms with Crippen LogP contribution in [-0.4, -0.2) is 122 Å². The molecular weight excluding hydrogens is 686 g/mol. The summed E-state index contributed by atoms with van der Waals surface area (Å²) in [4.78, 5) is 39.4. The van der Waals surface area contributed by atoms with Crippen molar-refractivity contribution in [1.29, 1.82) is 0 Å². The van der Waals surface area contributed by atoms with Crippen LogP contribution in [0.3, 0.4) is 0 Å². The van der Waals surface area contributed by atoms with E-state index in [1.54, 1.807) is 12.1 Å². The van der Waals surface area contributed by atoms with Gasteiger partial charge in [-0.25, -0.2) is 9.59 Å². The summed E-state index contributed by atoms with van der Waals surface area (Å²) in [7, 11) is 0. The van der Waals surface area contributed by atoms with Gasteiger partial charge in [0.15, 0.2) is 6.10 Å². The van der Waals surface area contributed by atoms with Gasteiger partial charge < -0.3 is 49.7 Å². The van der Waals surface area contributed by atoms with E-state index in [-0.39, 0.29) is 78.9 Å². The Hall–Kier alpha value is -2.65. The van der Waals surface area contributed by atoms with Crippen molar-refractivity contribution >= 4 is 17.8 Å². The lowest BCUT2D eigenvalue weighted by atomic mass is 9.39. The predicted octanol–water partition coefficient (Wildman–Crippen LogP) is 3.16. The lowest BCUT2D eigenvalue weighted by molar-refractivity contribution is -0.240. The normalized spacial score (nSPS) is 35.3. The molecule has 4 aliphatic carbocycles. The second-order valence-corrected chi connectivity index (χ2v) is 18.0. The number of aliphatic hydroxyl groups excluding tert-OH is 5. The third-order valence-electron chi connectivity index (χ3n) is 12.1. The number of aliphatic carboxylic acids is 1. The molecule has 298 valence electrons. The number of hydrogen-bond donors (Lipinski definition) is 6. The van der Waals surface area contributed by atoms with Gasteiger partial charge in [-0.3, -0.25) is 4.79 Å². The Bertz CT molecular complexity index is 1430. The average Bonchev–Trinajstić information content (AvgIpc) is 3.05. The van der Waals surface area contributed by atoms with E-state index < -0.39 is 55.3 Å². The lowest BCUT2D eigenvalue weighted by Gasteiger charge is -2.68. The fourth-order valence-electron chi connectivity index (χ4n) is 10.9. The second-order valence-electron chi connectivity index (χ2n) is 18.0. The first-order chi connectivity index (χ1) is 24.8. The van der Waals surface area contributed by atoms with Crippen molar-refractivity contribution in [3.8, 4) is 0 Å². The molecule has 13 heteroatoms. The Morgan fingerprint density at radius 1 is 0.906 bits per heavy atom. The van der Waals surface area contributed by atoms with E-state index in [2.05, 4.69) is 20.8 Å². The molecule has 1 amide bonds. The Labute approximate surface area is 312 Å². The van der Waals surface area contributed by atoms with Crippen LogP contribution >= 0.6 is 0 Å². The highest BCUT2D eigenvalue weighted by molar-refractivity contribution is 5.82. The first-order valence-electron chi connectivity index (χ1n) is 19.2. The van der Waals surface area contributed by atoms with E-state index in [1.165, 1.54) is 24.2 Å². The predicted molar refractivity (Wildman–Crippen MR) is 193 cm³/mol. The van der Waals surface area contributed by atoms with Crippen molar-refractivity contribution in [1.82, 2.24) is 4.90 Å². The number of carboxylic acids is 1. The van der Waals surface area contributed by atoms with E-state index in [4.69, 9.17) is 14.2 Å². The first kappa shape index (κ1) is 41.5. The number of carbonyl (C=O) groups excluding carboxylic acids is 2. The highest BCUT2D eigenvalue weighted by Gasteiger charge is 2.64. The summed E-state index contributed by atoms with van der Waals surface area (Å²) in [6, 6.07) is 5.37. The highest BCUT2D eigenvalue weighted by atomic mass is 16.6. The second kappa shape index (κ2) is 16.2. The van der Waals surface area contributed by atoms with Gasteiger partial charge in [0.25, 0.3) is 0 Å². The zero-order valence-corrected chi connectivity index (χ0v) is 32.0. The number of carboxylic acid groups (broad SMARTS) is 1. The van der Waals surface area contributed by atoms with E-state index in [0.717, 1.165) is 24.8 Å². The van der Waals surface area contributed by atoms with E-state index in [0.29, 0.717) is 17.7 Å². The molecule has 6 atom stereocenters. The lowest BCUT2D eigenvalue weighted by Crippen LogP contribution is -2.63. The van der Waals surface area contributed by atoms with Crippen molar-refractivity contribution in [3.63, 3.8) is 0 Å². The molecule has 0 radical (unpaired) electrons. The van der Waals surface area contributed by atoms with Crippen molar-refractivity contribution in [2.75, 3.05) is 26.3 Å². The third kappa shape index (κ3) is 9.78. The van der Waals surface area contributed by atoms with Crippen molar-refractivity contribution in [2.24, 2.45) is 22.2 Å². The maximum absolute atomic E-state index is 13.6. The van der Waals surface area contributed by atoms with E-state index >= 15 is 0 Å². The summed E-state index contributed by atoms with van der Waals surface area (Å²) in [6.45, 7) is 10.9. The van der Waals surface area contributed by atoms with E-state index in [9.17, 15) is 45.0 Å². The zero-order valence-electron chi connectivity index (χ0n) is 32.0. The molecule has 1 heterocycles. The van der Waals surface area contributed by atoms with Gasteiger partial charge in [0, 0.05) is 25.4 Å². The molecule has 1 aliphatic heterocycles. The number of ether oxygens (including phenoxy) is 3. The van der Waals surface area contributed by atoms with Crippen LogP contribution in [0.5, 0.6) is 0 Å². The molecule has 4 saturated carbocycles. The number of ketones is 1. The Kier molecular flexibility index (Phi) is 12.7. The van der Waals surface area contributed by atoms with Gasteiger partial charge >= 0.3 is 12.1 Å². The van der Waals surface area contributed by atoms with Crippen LogP contribution in [0, 0.1) is 22.2 Å². The number of Topliss-reactive ketones (excluding diaryl/α,β-unsaturated/α-hetero) is 1. The molecule has 0 unspecified atom stereocenters. The van der Waals surface area contributed by atoms with Crippen LogP contribution in [0.15, 0.2) is 18.2 Å². The summed E-state index contributed by atoms with van der Waals surface area (Å²) in [5, 5.41) is 60.1. The van der Waals surface area contributed by atoms with E-state index in [1.807, 2.05) is 19.9 Å². The van der Waals surface area contributed by atoms with Gasteiger partial charge in [0.1, 0.15) is 30.7 Å². The largest absolute Gasteiger partial charge is 0.479 e. The fraction of sp³-hybridized carbons (Fsp3) is 0.775. The smallest absolute Gasteiger partial charge is 0.410 e. The number of amides is 1. The number of benzene rings is 1. The minimum Gasteiger partial charge on any atom is -0.479 e. The Morgan fingerprint density at radius 2 is 1.53 bits per heavy atom. The number of carbonyl (C=O) groups is 3. The maximum atomic E-state index is 13.6. The van der Waals surface area contributed by atoms with Crippen LogP contribution in [0.4, 0.5) is 4.79 Å². The molecule has 5 fully saturated rings. The summed E-state index contributed by atoms with van der Waals surface area (Å²) < 4.78 is 18.1. The molecule has 1 aromatic rings. The maximum Gasteiger partial charge on any atom is 0.410 e.